The lowest BCUT2D eigenvalue weighted by molar-refractivity contribution is 0.233. The van der Waals surface area contributed by atoms with Gasteiger partial charge in [-0.3, -0.25) is 0 Å². The topological polar surface area (TPSA) is 0 Å². The second-order valence-electron chi connectivity index (χ2n) is 5.87. The predicted octanol–water partition coefficient (Wildman–Crippen LogP) is 4.58. The molecular weight excluding hydrogens is 180 g/mol. The molecule has 0 heteroatoms. The van der Waals surface area contributed by atoms with Crippen molar-refractivity contribution in [2.75, 3.05) is 0 Å². The molecule has 0 amide bonds. The minimum Gasteiger partial charge on any atom is -0.0810 e. The minimum atomic E-state index is 0.827. The highest BCUT2D eigenvalue weighted by Gasteiger charge is 2.33. The summed E-state index contributed by atoms with van der Waals surface area (Å²) >= 11 is 0. The van der Waals surface area contributed by atoms with Gasteiger partial charge in [-0.1, -0.05) is 38.5 Å². The molecule has 3 unspecified atom stereocenters. The summed E-state index contributed by atoms with van der Waals surface area (Å²) < 4.78 is 0. The molecular formula is C15H24. The largest absolute Gasteiger partial charge is 0.0810 e. The monoisotopic (exact) mass is 204 g/mol. The summed E-state index contributed by atoms with van der Waals surface area (Å²) in [6.45, 7) is 9.47. The molecule has 2 aliphatic carbocycles. The molecule has 84 valence electrons. The first-order chi connectivity index (χ1) is 7.09. The van der Waals surface area contributed by atoms with E-state index in [-0.39, 0.29) is 0 Å². The maximum absolute atomic E-state index is 2.51. The summed E-state index contributed by atoms with van der Waals surface area (Å²) in [7, 11) is 0. The molecule has 0 radical (unpaired) electrons. The molecule has 0 fully saturated rings. The quantitative estimate of drug-likeness (QED) is 0.586. The van der Waals surface area contributed by atoms with Crippen LogP contribution >= 0.6 is 0 Å². The lowest BCUT2D eigenvalue weighted by Gasteiger charge is -2.39. The molecule has 0 aliphatic heterocycles. The molecule has 0 aromatic carbocycles. The Balaban J connectivity index is 2.29. The summed E-state index contributed by atoms with van der Waals surface area (Å²) in [4.78, 5) is 0. The van der Waals surface area contributed by atoms with Gasteiger partial charge in [-0.2, -0.15) is 0 Å². The fraction of sp³-hybridized carbons (Fsp3) is 0.733. The standard InChI is InChI=1S/C15H24/c1-10(2)13-8-6-12(4)14-7-5-11(3)9-15(13)14/h6-7,10-11,13,15H,5,8-9H2,1-4H3. The van der Waals surface area contributed by atoms with E-state index in [1.54, 1.807) is 11.1 Å². The number of hydrogen-bond acceptors (Lipinski definition) is 0. The molecule has 2 aliphatic rings. The number of rotatable bonds is 1. The number of allylic oxidation sites excluding steroid dienone is 4. The lowest BCUT2D eigenvalue weighted by Crippen LogP contribution is -2.29. The lowest BCUT2D eigenvalue weighted by atomic mass is 9.65. The van der Waals surface area contributed by atoms with E-state index in [2.05, 4.69) is 39.8 Å². The highest BCUT2D eigenvalue weighted by molar-refractivity contribution is 5.36. The SMILES string of the molecule is CC1=CCC(C(C)C)C2CC(C)CC=C12. The molecule has 15 heavy (non-hydrogen) atoms. The van der Waals surface area contributed by atoms with Gasteiger partial charge < -0.3 is 0 Å². The molecule has 3 atom stereocenters. The van der Waals surface area contributed by atoms with Crippen LogP contribution in [0.1, 0.15) is 47.0 Å². The molecule has 0 bridgehead atoms. The van der Waals surface area contributed by atoms with E-state index in [9.17, 15) is 0 Å². The van der Waals surface area contributed by atoms with E-state index < -0.39 is 0 Å². The van der Waals surface area contributed by atoms with Gasteiger partial charge in [0.2, 0.25) is 0 Å². The van der Waals surface area contributed by atoms with Crippen molar-refractivity contribution in [1.82, 2.24) is 0 Å². The summed E-state index contributed by atoms with van der Waals surface area (Å²) in [5, 5.41) is 0. The van der Waals surface area contributed by atoms with Gasteiger partial charge in [-0.15, -0.1) is 0 Å². The van der Waals surface area contributed by atoms with Crippen LogP contribution in [0.3, 0.4) is 0 Å². The van der Waals surface area contributed by atoms with E-state index in [1.165, 1.54) is 19.3 Å². The van der Waals surface area contributed by atoms with E-state index in [0.717, 1.165) is 23.7 Å². The Labute approximate surface area is 94.5 Å². The van der Waals surface area contributed by atoms with Gasteiger partial charge in [-0.25, -0.2) is 0 Å². The molecule has 0 nitrogen and oxygen atoms in total. The Morgan fingerprint density at radius 2 is 1.93 bits per heavy atom. The van der Waals surface area contributed by atoms with Crippen LogP contribution in [-0.4, -0.2) is 0 Å². The van der Waals surface area contributed by atoms with Crippen LogP contribution < -0.4 is 0 Å². The smallest absolute Gasteiger partial charge is 0.0126 e. The third kappa shape index (κ3) is 2.04. The zero-order valence-electron chi connectivity index (χ0n) is 10.6. The van der Waals surface area contributed by atoms with Crippen molar-refractivity contribution >= 4 is 0 Å². The van der Waals surface area contributed by atoms with Crippen LogP contribution in [0.15, 0.2) is 23.3 Å². The van der Waals surface area contributed by atoms with E-state index in [4.69, 9.17) is 0 Å². The fourth-order valence-electron chi connectivity index (χ4n) is 3.33. The van der Waals surface area contributed by atoms with Crippen molar-refractivity contribution in [2.45, 2.75) is 47.0 Å². The van der Waals surface area contributed by atoms with E-state index >= 15 is 0 Å². The van der Waals surface area contributed by atoms with Gasteiger partial charge in [0.25, 0.3) is 0 Å². The summed E-state index contributed by atoms with van der Waals surface area (Å²) in [5.74, 6) is 3.47. The average molecular weight is 204 g/mol. The second kappa shape index (κ2) is 4.15. The van der Waals surface area contributed by atoms with Crippen LogP contribution in [0.2, 0.25) is 0 Å². The molecule has 0 N–H and O–H groups in total. The second-order valence-corrected chi connectivity index (χ2v) is 5.87. The molecule has 0 saturated carbocycles. The average Bonchev–Trinajstić information content (AvgIpc) is 2.17. The molecule has 0 saturated heterocycles. The van der Waals surface area contributed by atoms with Crippen LogP contribution in [0, 0.1) is 23.7 Å². The predicted molar refractivity (Wildman–Crippen MR) is 66.7 cm³/mol. The molecule has 0 heterocycles. The van der Waals surface area contributed by atoms with Gasteiger partial charge >= 0.3 is 0 Å². The van der Waals surface area contributed by atoms with E-state index in [0.29, 0.717) is 0 Å². The van der Waals surface area contributed by atoms with E-state index in [1.807, 2.05) is 0 Å². The minimum absolute atomic E-state index is 0.827. The molecule has 0 aromatic heterocycles. The maximum Gasteiger partial charge on any atom is -0.0126 e. The Kier molecular flexibility index (Phi) is 3.04. The first-order valence-corrected chi connectivity index (χ1v) is 6.46. The van der Waals surface area contributed by atoms with Crippen LogP contribution in [0.4, 0.5) is 0 Å². The third-order valence-electron chi connectivity index (χ3n) is 4.32. The van der Waals surface area contributed by atoms with Crippen molar-refractivity contribution in [1.29, 1.82) is 0 Å². The zero-order valence-corrected chi connectivity index (χ0v) is 10.6. The Hall–Kier alpha value is -0.520. The van der Waals surface area contributed by atoms with Crippen LogP contribution in [-0.2, 0) is 0 Å². The number of fused-ring (bicyclic) bond motifs is 1. The van der Waals surface area contributed by atoms with Gasteiger partial charge in [0.05, 0.1) is 0 Å². The van der Waals surface area contributed by atoms with Gasteiger partial charge in [0, 0.05) is 0 Å². The van der Waals surface area contributed by atoms with Crippen molar-refractivity contribution < 1.29 is 0 Å². The Morgan fingerprint density at radius 3 is 2.60 bits per heavy atom. The first kappa shape index (κ1) is 11.0. The van der Waals surface area contributed by atoms with Crippen LogP contribution in [0.5, 0.6) is 0 Å². The normalized spacial score (nSPS) is 35.9. The zero-order chi connectivity index (χ0) is 11.0. The molecule has 0 spiro atoms. The van der Waals surface area contributed by atoms with Crippen LogP contribution in [0.25, 0.3) is 0 Å². The van der Waals surface area contributed by atoms with Crippen molar-refractivity contribution in [3.63, 3.8) is 0 Å². The van der Waals surface area contributed by atoms with Gasteiger partial charge in [-0.05, 0) is 55.4 Å². The van der Waals surface area contributed by atoms with Crippen molar-refractivity contribution in [3.05, 3.63) is 23.3 Å². The highest BCUT2D eigenvalue weighted by Crippen LogP contribution is 2.44. The third-order valence-corrected chi connectivity index (χ3v) is 4.32. The molecule has 2 rings (SSSR count). The maximum atomic E-state index is 2.51. The summed E-state index contributed by atoms with van der Waals surface area (Å²) in [6, 6.07) is 0. The van der Waals surface area contributed by atoms with Gasteiger partial charge in [0.1, 0.15) is 0 Å². The fourth-order valence-corrected chi connectivity index (χ4v) is 3.33. The Bertz CT molecular complexity index is 293. The highest BCUT2D eigenvalue weighted by atomic mass is 14.4. The first-order valence-electron chi connectivity index (χ1n) is 6.46. The number of hydrogen-bond donors (Lipinski definition) is 0. The van der Waals surface area contributed by atoms with Crippen molar-refractivity contribution in [3.8, 4) is 0 Å². The summed E-state index contributed by atoms with van der Waals surface area (Å²) in [6.07, 6.45) is 8.99. The van der Waals surface area contributed by atoms with Gasteiger partial charge in [0.15, 0.2) is 0 Å². The molecule has 0 aromatic rings. The van der Waals surface area contributed by atoms with Crippen molar-refractivity contribution in [2.24, 2.45) is 23.7 Å². The summed E-state index contributed by atoms with van der Waals surface area (Å²) in [5.41, 5.74) is 3.24. The Morgan fingerprint density at radius 1 is 1.20 bits per heavy atom.